The molecule has 0 radical (unpaired) electrons. The highest BCUT2D eigenvalue weighted by Gasteiger charge is 2.27. The Bertz CT molecular complexity index is 626. The third-order valence-corrected chi connectivity index (χ3v) is 4.81. The van der Waals surface area contributed by atoms with Gasteiger partial charge in [0.2, 0.25) is 0 Å². The first kappa shape index (κ1) is 20.0. The van der Waals surface area contributed by atoms with Crippen LogP contribution in [-0.4, -0.2) is 72.7 Å². The summed E-state index contributed by atoms with van der Waals surface area (Å²) in [5.41, 5.74) is 0.955. The largest absolute Gasteiger partial charge is 0.496 e. The van der Waals surface area contributed by atoms with Gasteiger partial charge in [-0.3, -0.25) is 14.5 Å². The predicted molar refractivity (Wildman–Crippen MR) is 97.7 cm³/mol. The van der Waals surface area contributed by atoms with Gasteiger partial charge in [-0.2, -0.15) is 0 Å². The zero-order chi connectivity index (χ0) is 19.1. The van der Waals surface area contributed by atoms with E-state index in [0.717, 1.165) is 24.2 Å². The minimum absolute atomic E-state index is 0.00303. The van der Waals surface area contributed by atoms with Crippen molar-refractivity contribution in [3.05, 3.63) is 23.8 Å². The van der Waals surface area contributed by atoms with Crippen LogP contribution < -0.4 is 9.47 Å². The molecular weight excluding hydrogens is 336 g/mol. The first-order chi connectivity index (χ1) is 12.4. The molecule has 0 atom stereocenters. The summed E-state index contributed by atoms with van der Waals surface area (Å²) in [5.74, 6) is 0.574. The Kier molecular flexibility index (Phi) is 7.26. The van der Waals surface area contributed by atoms with Gasteiger partial charge in [0.15, 0.2) is 6.61 Å². The van der Waals surface area contributed by atoms with E-state index < -0.39 is 5.97 Å². The van der Waals surface area contributed by atoms with Gasteiger partial charge in [0.05, 0.1) is 13.7 Å². The lowest BCUT2D eigenvalue weighted by molar-refractivity contribution is -0.140. The van der Waals surface area contributed by atoms with E-state index in [0.29, 0.717) is 25.4 Å². The molecule has 0 aromatic heterocycles. The van der Waals surface area contributed by atoms with Crippen molar-refractivity contribution in [3.63, 3.8) is 0 Å². The standard InChI is InChI=1S/C19H28N2O5/c1-4-20(12-19(23)24)15-7-9-21(10-8-15)18(22)13-26-16-5-6-17(25-3)14(2)11-16/h5-6,11,15H,4,7-10,12-13H2,1-3H3,(H,23,24). The van der Waals surface area contributed by atoms with Crippen LogP contribution in [0.3, 0.4) is 0 Å². The van der Waals surface area contributed by atoms with Crippen LogP contribution in [0.25, 0.3) is 0 Å². The molecule has 1 aromatic rings. The molecule has 1 aliphatic heterocycles. The second kappa shape index (κ2) is 9.43. The Balaban J connectivity index is 1.81. The van der Waals surface area contributed by atoms with Crippen molar-refractivity contribution in [2.75, 3.05) is 39.9 Å². The smallest absolute Gasteiger partial charge is 0.317 e. The van der Waals surface area contributed by atoms with E-state index in [1.165, 1.54) is 0 Å². The number of rotatable bonds is 8. The number of carbonyl (C=O) groups is 2. The van der Waals surface area contributed by atoms with Crippen LogP contribution in [0.4, 0.5) is 0 Å². The number of likely N-dealkylation sites (N-methyl/N-ethyl adjacent to an activating group) is 1. The molecule has 1 amide bonds. The predicted octanol–water partition coefficient (Wildman–Crippen LogP) is 1.78. The number of benzene rings is 1. The van der Waals surface area contributed by atoms with Crippen LogP contribution in [0.2, 0.25) is 0 Å². The molecule has 1 saturated heterocycles. The summed E-state index contributed by atoms with van der Waals surface area (Å²) in [6.45, 7) is 5.90. The second-order valence-electron chi connectivity index (χ2n) is 6.49. The summed E-state index contributed by atoms with van der Waals surface area (Å²) in [5, 5.41) is 8.99. The number of aryl methyl sites for hydroxylation is 1. The molecule has 7 nitrogen and oxygen atoms in total. The molecule has 2 rings (SSSR count). The Morgan fingerprint density at radius 1 is 1.31 bits per heavy atom. The van der Waals surface area contributed by atoms with Gasteiger partial charge in [-0.25, -0.2) is 0 Å². The summed E-state index contributed by atoms with van der Waals surface area (Å²) in [4.78, 5) is 27.1. The lowest BCUT2D eigenvalue weighted by atomic mass is 10.0. The molecular formula is C19H28N2O5. The molecule has 1 N–H and O–H groups in total. The average molecular weight is 364 g/mol. The third-order valence-electron chi connectivity index (χ3n) is 4.81. The molecule has 26 heavy (non-hydrogen) atoms. The zero-order valence-electron chi connectivity index (χ0n) is 15.7. The van der Waals surface area contributed by atoms with Crippen LogP contribution in [0.1, 0.15) is 25.3 Å². The normalized spacial score (nSPS) is 15.2. The zero-order valence-corrected chi connectivity index (χ0v) is 15.7. The van der Waals surface area contributed by atoms with E-state index in [4.69, 9.17) is 14.6 Å². The fourth-order valence-corrected chi connectivity index (χ4v) is 3.33. The molecule has 0 saturated carbocycles. The first-order valence-electron chi connectivity index (χ1n) is 8.95. The lowest BCUT2D eigenvalue weighted by Crippen LogP contribution is -2.49. The van der Waals surface area contributed by atoms with Crippen LogP contribution >= 0.6 is 0 Å². The maximum atomic E-state index is 12.4. The van der Waals surface area contributed by atoms with Crippen molar-refractivity contribution in [2.45, 2.75) is 32.7 Å². The highest BCUT2D eigenvalue weighted by Crippen LogP contribution is 2.23. The van der Waals surface area contributed by atoms with Gasteiger partial charge in [0, 0.05) is 19.1 Å². The maximum absolute atomic E-state index is 12.4. The van der Waals surface area contributed by atoms with Crippen LogP contribution in [-0.2, 0) is 9.59 Å². The van der Waals surface area contributed by atoms with Crippen molar-refractivity contribution < 1.29 is 24.2 Å². The van der Waals surface area contributed by atoms with Gasteiger partial charge in [-0.1, -0.05) is 6.92 Å². The summed E-state index contributed by atoms with van der Waals surface area (Å²) < 4.78 is 10.8. The molecule has 0 spiro atoms. The topological polar surface area (TPSA) is 79.3 Å². The number of hydrogen-bond donors (Lipinski definition) is 1. The van der Waals surface area contributed by atoms with E-state index in [2.05, 4.69) is 0 Å². The lowest BCUT2D eigenvalue weighted by Gasteiger charge is -2.37. The van der Waals surface area contributed by atoms with Gasteiger partial charge < -0.3 is 19.5 Å². The number of ether oxygens (including phenoxy) is 2. The Hall–Kier alpha value is -2.28. The van der Waals surface area contributed by atoms with Crippen molar-refractivity contribution in [3.8, 4) is 11.5 Å². The van der Waals surface area contributed by atoms with Gasteiger partial charge in [-0.05, 0) is 50.1 Å². The maximum Gasteiger partial charge on any atom is 0.317 e. The molecule has 7 heteroatoms. The third kappa shape index (κ3) is 5.36. The minimum atomic E-state index is -0.812. The van der Waals surface area contributed by atoms with E-state index >= 15 is 0 Å². The fourth-order valence-electron chi connectivity index (χ4n) is 3.33. The Morgan fingerprint density at radius 3 is 2.54 bits per heavy atom. The van der Waals surface area contributed by atoms with Crippen molar-refractivity contribution in [2.24, 2.45) is 0 Å². The number of carboxylic acids is 1. The van der Waals surface area contributed by atoms with Gasteiger partial charge in [-0.15, -0.1) is 0 Å². The number of methoxy groups -OCH3 is 1. The highest BCUT2D eigenvalue weighted by atomic mass is 16.5. The van der Waals surface area contributed by atoms with Crippen molar-refractivity contribution in [1.82, 2.24) is 9.80 Å². The number of likely N-dealkylation sites (tertiary alicyclic amines) is 1. The Morgan fingerprint density at radius 2 is 2.00 bits per heavy atom. The van der Waals surface area contributed by atoms with Gasteiger partial charge in [0.25, 0.3) is 5.91 Å². The molecule has 1 aliphatic rings. The van der Waals surface area contributed by atoms with E-state index in [1.54, 1.807) is 18.1 Å². The number of piperidine rings is 1. The number of nitrogens with zero attached hydrogens (tertiary/aromatic N) is 2. The van der Waals surface area contributed by atoms with Crippen LogP contribution in [0.15, 0.2) is 18.2 Å². The van der Waals surface area contributed by atoms with Crippen LogP contribution in [0.5, 0.6) is 11.5 Å². The molecule has 144 valence electrons. The van der Waals surface area contributed by atoms with E-state index in [9.17, 15) is 9.59 Å². The first-order valence-corrected chi connectivity index (χ1v) is 8.95. The SMILES string of the molecule is CCN(CC(=O)O)C1CCN(C(=O)COc2ccc(OC)c(C)c2)CC1. The number of carbonyl (C=O) groups excluding carboxylic acids is 1. The Labute approximate surface area is 154 Å². The molecule has 1 fully saturated rings. The van der Waals surface area contributed by atoms with E-state index in [1.807, 2.05) is 30.9 Å². The summed E-state index contributed by atoms with van der Waals surface area (Å²) in [6.07, 6.45) is 1.57. The quantitative estimate of drug-likeness (QED) is 0.757. The summed E-state index contributed by atoms with van der Waals surface area (Å²) >= 11 is 0. The van der Waals surface area contributed by atoms with Gasteiger partial charge in [0.1, 0.15) is 11.5 Å². The monoisotopic (exact) mass is 364 g/mol. The molecule has 1 heterocycles. The number of carboxylic acid groups (broad SMARTS) is 1. The fraction of sp³-hybridized carbons (Fsp3) is 0.579. The molecule has 1 aromatic carbocycles. The second-order valence-corrected chi connectivity index (χ2v) is 6.49. The summed E-state index contributed by atoms with van der Waals surface area (Å²) in [7, 11) is 1.62. The van der Waals surface area contributed by atoms with Gasteiger partial charge >= 0.3 is 5.97 Å². The molecule has 0 unspecified atom stereocenters. The molecule has 0 aliphatic carbocycles. The highest BCUT2D eigenvalue weighted by molar-refractivity contribution is 5.78. The van der Waals surface area contributed by atoms with Crippen molar-refractivity contribution >= 4 is 11.9 Å². The number of aliphatic carboxylic acids is 1. The van der Waals surface area contributed by atoms with E-state index in [-0.39, 0.29) is 25.1 Å². The summed E-state index contributed by atoms with van der Waals surface area (Å²) in [6, 6.07) is 5.67. The number of amides is 1. The average Bonchev–Trinajstić information content (AvgIpc) is 2.64. The van der Waals surface area contributed by atoms with Crippen molar-refractivity contribution in [1.29, 1.82) is 0 Å². The number of hydrogen-bond acceptors (Lipinski definition) is 5. The molecule has 0 bridgehead atoms. The minimum Gasteiger partial charge on any atom is -0.496 e. The van der Waals surface area contributed by atoms with Crippen LogP contribution in [0, 0.1) is 6.92 Å².